The van der Waals surface area contributed by atoms with Crippen molar-refractivity contribution in [3.05, 3.63) is 12.2 Å². The van der Waals surface area contributed by atoms with Gasteiger partial charge in [0, 0.05) is 5.57 Å². The molecular formula is C20H36F2O2Si. The van der Waals surface area contributed by atoms with E-state index in [1.165, 1.54) is 57.8 Å². The molecule has 0 fully saturated rings. The van der Waals surface area contributed by atoms with Crippen LogP contribution in [0.25, 0.3) is 0 Å². The second-order valence-corrected chi connectivity index (χ2v) is 8.11. The predicted octanol–water partition coefficient (Wildman–Crippen LogP) is 6.52. The summed E-state index contributed by atoms with van der Waals surface area (Å²) in [6, 6.07) is -1.40. The summed E-state index contributed by atoms with van der Waals surface area (Å²) in [7, 11) is -0.161. The number of alkyl halides is 2. The Morgan fingerprint density at radius 3 is 1.64 bits per heavy atom. The first-order chi connectivity index (χ1) is 12.0. The number of rotatable bonds is 18. The molecular weight excluding hydrogens is 338 g/mol. The Kier molecular flexibility index (Phi) is 17.6. The molecule has 146 valence electrons. The highest BCUT2D eigenvalue weighted by Gasteiger charge is 2.03. The van der Waals surface area contributed by atoms with Crippen LogP contribution in [0.3, 0.4) is 0 Å². The first-order valence-electron chi connectivity index (χ1n) is 9.88. The molecule has 0 aliphatic heterocycles. The average molecular weight is 375 g/mol. The van der Waals surface area contributed by atoms with Gasteiger partial charge in [-0.2, -0.15) is 0 Å². The first-order valence-corrected chi connectivity index (χ1v) is 11.2. The van der Waals surface area contributed by atoms with E-state index in [4.69, 9.17) is 4.74 Å². The Bertz CT molecular complexity index is 336. The number of halogens is 2. The van der Waals surface area contributed by atoms with E-state index in [0.717, 1.165) is 25.7 Å². The van der Waals surface area contributed by atoms with Gasteiger partial charge < -0.3 is 4.74 Å². The summed E-state index contributed by atoms with van der Waals surface area (Å²) in [5.74, 6) is -0.284. The van der Waals surface area contributed by atoms with Crippen molar-refractivity contribution in [3.63, 3.8) is 0 Å². The smallest absolute Gasteiger partial charge is 0.333 e. The first kappa shape index (κ1) is 24.3. The van der Waals surface area contributed by atoms with E-state index in [9.17, 15) is 13.6 Å². The van der Waals surface area contributed by atoms with Crippen LogP contribution in [0.2, 0.25) is 6.04 Å². The summed E-state index contributed by atoms with van der Waals surface area (Å²) in [6.45, 7) is 5.73. The Morgan fingerprint density at radius 1 is 0.840 bits per heavy atom. The molecule has 0 aliphatic carbocycles. The second kappa shape index (κ2) is 18.1. The maximum Gasteiger partial charge on any atom is 0.333 e. The molecule has 2 nitrogen and oxygen atoms in total. The van der Waals surface area contributed by atoms with Gasteiger partial charge in [0.15, 0.2) is 0 Å². The minimum atomic E-state index is -2.10. The molecule has 0 N–H and O–H groups in total. The molecule has 0 rings (SSSR count). The number of esters is 1. The molecule has 0 saturated carbocycles. The Hall–Kier alpha value is -0.713. The van der Waals surface area contributed by atoms with Crippen LogP contribution in [0, 0.1) is 0 Å². The average Bonchev–Trinajstić information content (AvgIpc) is 2.57. The van der Waals surface area contributed by atoms with Gasteiger partial charge >= 0.3 is 5.97 Å². The van der Waals surface area contributed by atoms with E-state index in [0.29, 0.717) is 18.2 Å². The summed E-state index contributed by atoms with van der Waals surface area (Å²) < 4.78 is 29.0. The number of carbonyl (C=O) groups is 1. The third-order valence-electron chi connectivity index (χ3n) is 4.20. The van der Waals surface area contributed by atoms with Gasteiger partial charge in [-0.1, -0.05) is 89.7 Å². The predicted molar refractivity (Wildman–Crippen MR) is 102 cm³/mol. The molecule has 2 radical (unpaired) electrons. The lowest BCUT2D eigenvalue weighted by Crippen LogP contribution is -2.05. The lowest BCUT2D eigenvalue weighted by Gasteiger charge is -2.05. The van der Waals surface area contributed by atoms with Gasteiger partial charge in [0.25, 0.3) is 0 Å². The molecule has 5 heteroatoms. The fraction of sp³-hybridized carbons (Fsp3) is 0.850. The fourth-order valence-electron chi connectivity index (χ4n) is 2.67. The largest absolute Gasteiger partial charge is 0.462 e. The third kappa shape index (κ3) is 19.5. The van der Waals surface area contributed by atoms with Crippen molar-refractivity contribution in [3.8, 4) is 0 Å². The van der Waals surface area contributed by atoms with E-state index >= 15 is 0 Å². The molecule has 0 aromatic carbocycles. The molecule has 0 atom stereocenters. The minimum absolute atomic E-state index is 0.161. The molecule has 0 heterocycles. The van der Waals surface area contributed by atoms with E-state index in [1.807, 2.05) is 0 Å². The van der Waals surface area contributed by atoms with Crippen LogP contribution in [0.1, 0.15) is 90.4 Å². The van der Waals surface area contributed by atoms with Crippen molar-refractivity contribution in [1.29, 1.82) is 0 Å². The Morgan fingerprint density at radius 2 is 1.24 bits per heavy atom. The quantitative estimate of drug-likeness (QED) is 0.118. The van der Waals surface area contributed by atoms with Crippen LogP contribution in [-0.4, -0.2) is 28.1 Å². The molecule has 0 aromatic heterocycles. The molecule has 0 aromatic rings. The van der Waals surface area contributed by atoms with Crippen LogP contribution in [0.15, 0.2) is 12.2 Å². The zero-order chi connectivity index (χ0) is 18.8. The number of unbranched alkanes of at least 4 members (excludes halogenated alkanes) is 12. The molecule has 0 saturated heterocycles. The van der Waals surface area contributed by atoms with Crippen molar-refractivity contribution in [2.45, 2.75) is 102 Å². The van der Waals surface area contributed by atoms with E-state index in [2.05, 4.69) is 6.58 Å². The third-order valence-corrected chi connectivity index (χ3v) is 5.15. The highest BCUT2D eigenvalue weighted by atomic mass is 28.2. The van der Waals surface area contributed by atoms with Gasteiger partial charge in [0.2, 0.25) is 6.05 Å². The molecule has 0 amide bonds. The second-order valence-electron chi connectivity index (χ2n) is 6.77. The van der Waals surface area contributed by atoms with Crippen LogP contribution < -0.4 is 0 Å². The number of ether oxygens (including phenoxy) is 1. The van der Waals surface area contributed by atoms with Gasteiger partial charge in [-0.15, -0.1) is 0 Å². The number of carbonyl (C=O) groups excluding carboxylic acids is 1. The van der Waals surface area contributed by atoms with Crippen molar-refractivity contribution in [2.24, 2.45) is 0 Å². The molecule has 25 heavy (non-hydrogen) atoms. The summed E-state index contributed by atoms with van der Waals surface area (Å²) >= 11 is 0. The van der Waals surface area contributed by atoms with Crippen LogP contribution >= 0.6 is 0 Å². The van der Waals surface area contributed by atoms with E-state index in [-0.39, 0.29) is 15.5 Å². The molecule has 0 unspecified atom stereocenters. The highest BCUT2D eigenvalue weighted by molar-refractivity contribution is 6.36. The molecule has 0 spiro atoms. The van der Waals surface area contributed by atoms with Crippen LogP contribution in [-0.2, 0) is 9.53 Å². The Labute approximate surface area is 155 Å². The normalized spacial score (nSPS) is 11.0. The van der Waals surface area contributed by atoms with Crippen LogP contribution in [0.5, 0.6) is 0 Å². The summed E-state index contributed by atoms with van der Waals surface area (Å²) in [4.78, 5) is 11.2. The lowest BCUT2D eigenvalue weighted by atomic mass is 10.0. The van der Waals surface area contributed by atoms with Crippen molar-refractivity contribution >= 4 is 15.5 Å². The van der Waals surface area contributed by atoms with Crippen molar-refractivity contribution in [1.82, 2.24) is 0 Å². The van der Waals surface area contributed by atoms with Gasteiger partial charge in [0.1, 0.15) is 9.52 Å². The van der Waals surface area contributed by atoms with Crippen molar-refractivity contribution < 1.29 is 18.3 Å². The van der Waals surface area contributed by atoms with E-state index < -0.39 is 6.05 Å². The topological polar surface area (TPSA) is 26.3 Å². The fourth-order valence-corrected chi connectivity index (χ4v) is 3.34. The highest BCUT2D eigenvalue weighted by Crippen LogP contribution is 2.13. The monoisotopic (exact) mass is 374 g/mol. The maximum atomic E-state index is 12.0. The zero-order valence-electron chi connectivity index (χ0n) is 16.0. The standard InChI is InChI=1S/C20H36F2O2Si/c1-18(2)19(23)24-16-14-12-10-8-6-4-3-5-7-9-11-13-15-17-25-20(21)22/h20H,1,3-17H2,2H3. The molecule has 0 bridgehead atoms. The molecule has 0 aliphatic rings. The zero-order valence-corrected chi connectivity index (χ0v) is 17.0. The summed E-state index contributed by atoms with van der Waals surface area (Å²) in [5, 5.41) is 0. The van der Waals surface area contributed by atoms with Gasteiger partial charge in [-0.3, -0.25) is 0 Å². The number of hydrogen-bond donors (Lipinski definition) is 0. The van der Waals surface area contributed by atoms with Crippen LogP contribution in [0.4, 0.5) is 8.78 Å². The lowest BCUT2D eigenvalue weighted by molar-refractivity contribution is -0.139. The maximum absolute atomic E-state index is 12.0. The van der Waals surface area contributed by atoms with Gasteiger partial charge in [-0.05, 0) is 13.3 Å². The van der Waals surface area contributed by atoms with Crippen molar-refractivity contribution in [2.75, 3.05) is 6.61 Å². The Balaban J connectivity index is 3.07. The van der Waals surface area contributed by atoms with Gasteiger partial charge in [-0.25, -0.2) is 13.6 Å². The SMILES string of the molecule is C=C(C)C(=O)OCCCCCCCCCCCCCCC[Si]C(F)F. The summed E-state index contributed by atoms with van der Waals surface area (Å²) in [6.07, 6.45) is 15.6. The minimum Gasteiger partial charge on any atom is -0.462 e. The van der Waals surface area contributed by atoms with E-state index in [1.54, 1.807) is 6.92 Å². The van der Waals surface area contributed by atoms with Gasteiger partial charge in [0.05, 0.1) is 6.61 Å². The number of hydrogen-bond acceptors (Lipinski definition) is 2. The summed E-state index contributed by atoms with van der Waals surface area (Å²) in [5.41, 5.74) is 0.465.